The van der Waals surface area contributed by atoms with Gasteiger partial charge in [0.25, 0.3) is 6.04 Å². The number of halogens is 4. The molecule has 0 saturated carbocycles. The zero-order valence-electron chi connectivity index (χ0n) is 13.6. The van der Waals surface area contributed by atoms with Gasteiger partial charge in [0.1, 0.15) is 11.6 Å². The lowest BCUT2D eigenvalue weighted by Gasteiger charge is -2.30. The Morgan fingerprint density at radius 3 is 2.48 bits per heavy atom. The molecule has 0 radical (unpaired) electrons. The molecule has 138 valence electrons. The number of nitrogens with zero attached hydrogens (tertiary/aromatic N) is 1. The number of fused-ring (bicyclic) bond motifs is 3. The maximum absolute atomic E-state index is 14.2. The molecule has 1 aliphatic rings. The second-order valence-electron chi connectivity index (χ2n) is 6.29. The summed E-state index contributed by atoms with van der Waals surface area (Å²) < 4.78 is 47.6. The van der Waals surface area contributed by atoms with Crippen LogP contribution in [0.1, 0.15) is 17.2 Å². The van der Waals surface area contributed by atoms with Crippen molar-refractivity contribution in [2.75, 3.05) is 0 Å². The largest absolute Gasteiger partial charge is 0.478 e. The summed E-state index contributed by atoms with van der Waals surface area (Å²) in [6.45, 7) is 0. The summed E-state index contributed by atoms with van der Waals surface area (Å²) in [7, 11) is 0. The predicted molar refractivity (Wildman–Crippen MR) is 95.8 cm³/mol. The van der Waals surface area contributed by atoms with Gasteiger partial charge in [-0.25, -0.2) is 13.2 Å². The standard InChI is InChI=1S/C19H11BrF3NO3/c20-10-3-1-9-2-4-18-12(11(9)5-10)7-17(24(25)26)19(27-18)13-6-15(22)16(23)8-14(13)21/h1-6,8,17,19H,7H2. The van der Waals surface area contributed by atoms with Crippen LogP contribution in [0, 0.1) is 27.6 Å². The van der Waals surface area contributed by atoms with E-state index in [2.05, 4.69) is 15.9 Å². The van der Waals surface area contributed by atoms with Crippen molar-refractivity contribution in [3.8, 4) is 5.75 Å². The minimum absolute atomic E-state index is 0.0285. The van der Waals surface area contributed by atoms with Crippen molar-refractivity contribution in [1.82, 2.24) is 0 Å². The molecule has 4 nitrogen and oxygen atoms in total. The molecule has 1 aliphatic heterocycles. The molecule has 0 spiro atoms. The molecule has 0 amide bonds. The maximum atomic E-state index is 14.2. The number of rotatable bonds is 2. The summed E-state index contributed by atoms with van der Waals surface area (Å²) in [6, 6.07) is 8.62. The summed E-state index contributed by atoms with van der Waals surface area (Å²) in [5.74, 6) is -3.38. The average Bonchev–Trinajstić information content (AvgIpc) is 2.63. The minimum Gasteiger partial charge on any atom is -0.478 e. The van der Waals surface area contributed by atoms with Crippen molar-refractivity contribution >= 4 is 26.7 Å². The first-order valence-corrected chi connectivity index (χ1v) is 8.80. The van der Waals surface area contributed by atoms with E-state index >= 15 is 0 Å². The Hall–Kier alpha value is -2.61. The average molecular weight is 438 g/mol. The van der Waals surface area contributed by atoms with Gasteiger partial charge in [0.05, 0.1) is 0 Å². The van der Waals surface area contributed by atoms with Crippen molar-refractivity contribution in [1.29, 1.82) is 0 Å². The fraction of sp³-hybridized carbons (Fsp3) is 0.158. The Morgan fingerprint density at radius 1 is 1.04 bits per heavy atom. The van der Waals surface area contributed by atoms with Gasteiger partial charge in [-0.3, -0.25) is 10.1 Å². The van der Waals surface area contributed by atoms with E-state index in [4.69, 9.17) is 4.74 Å². The summed E-state index contributed by atoms with van der Waals surface area (Å²) in [5.41, 5.74) is 0.241. The third kappa shape index (κ3) is 3.03. The van der Waals surface area contributed by atoms with Gasteiger partial charge in [0, 0.05) is 33.0 Å². The van der Waals surface area contributed by atoms with Gasteiger partial charge in [0.2, 0.25) is 0 Å². The van der Waals surface area contributed by atoms with Crippen LogP contribution < -0.4 is 4.74 Å². The predicted octanol–water partition coefficient (Wildman–Crippen LogP) is 5.34. The molecule has 3 aromatic rings. The third-order valence-electron chi connectivity index (χ3n) is 4.69. The first-order valence-electron chi connectivity index (χ1n) is 8.01. The smallest absolute Gasteiger partial charge is 0.257 e. The van der Waals surface area contributed by atoms with Crippen LogP contribution in [0.5, 0.6) is 5.75 Å². The summed E-state index contributed by atoms with van der Waals surface area (Å²) in [4.78, 5) is 11.1. The lowest BCUT2D eigenvalue weighted by molar-refractivity contribution is -0.535. The highest BCUT2D eigenvalue weighted by molar-refractivity contribution is 9.10. The molecule has 0 aliphatic carbocycles. The highest BCUT2D eigenvalue weighted by atomic mass is 79.9. The lowest BCUT2D eigenvalue weighted by atomic mass is 9.90. The summed E-state index contributed by atoms with van der Waals surface area (Å²) >= 11 is 3.38. The summed E-state index contributed by atoms with van der Waals surface area (Å²) in [5, 5.41) is 13.3. The quantitative estimate of drug-likeness (QED) is 0.308. The molecule has 1 heterocycles. The minimum atomic E-state index is -1.37. The Bertz CT molecular complexity index is 1090. The Balaban J connectivity index is 1.87. The third-order valence-corrected chi connectivity index (χ3v) is 5.18. The van der Waals surface area contributed by atoms with Crippen LogP contribution in [0.2, 0.25) is 0 Å². The molecule has 0 N–H and O–H groups in total. The highest BCUT2D eigenvalue weighted by Gasteiger charge is 2.42. The van der Waals surface area contributed by atoms with Crippen LogP contribution in [-0.4, -0.2) is 11.0 Å². The van der Waals surface area contributed by atoms with Gasteiger partial charge >= 0.3 is 0 Å². The van der Waals surface area contributed by atoms with Crippen molar-refractivity contribution in [2.24, 2.45) is 0 Å². The Morgan fingerprint density at radius 2 is 1.74 bits per heavy atom. The number of hydrogen-bond acceptors (Lipinski definition) is 3. The van der Waals surface area contributed by atoms with Crippen molar-refractivity contribution in [3.63, 3.8) is 0 Å². The van der Waals surface area contributed by atoms with Gasteiger partial charge < -0.3 is 4.74 Å². The number of benzene rings is 3. The molecular weight excluding hydrogens is 427 g/mol. The van der Waals surface area contributed by atoms with Gasteiger partial charge in [-0.15, -0.1) is 0 Å². The fourth-order valence-electron chi connectivity index (χ4n) is 3.40. The van der Waals surface area contributed by atoms with E-state index in [0.717, 1.165) is 15.2 Å². The molecule has 0 bridgehead atoms. The molecule has 27 heavy (non-hydrogen) atoms. The van der Waals surface area contributed by atoms with E-state index in [9.17, 15) is 23.3 Å². The van der Waals surface area contributed by atoms with E-state index in [1.54, 1.807) is 12.1 Å². The SMILES string of the molecule is O=[N+]([O-])C1Cc2c(ccc3ccc(Br)cc23)OC1c1cc(F)c(F)cc1F. The van der Waals surface area contributed by atoms with E-state index in [1.165, 1.54) is 0 Å². The monoisotopic (exact) mass is 437 g/mol. The molecule has 4 rings (SSSR count). The van der Waals surface area contributed by atoms with Crippen LogP contribution in [0.4, 0.5) is 13.2 Å². The Kier molecular flexibility index (Phi) is 4.30. The van der Waals surface area contributed by atoms with Crippen molar-refractivity contribution in [2.45, 2.75) is 18.6 Å². The second kappa shape index (κ2) is 6.53. The zero-order valence-corrected chi connectivity index (χ0v) is 15.2. The summed E-state index contributed by atoms with van der Waals surface area (Å²) in [6.07, 6.45) is -1.40. The normalized spacial score (nSPS) is 18.8. The second-order valence-corrected chi connectivity index (χ2v) is 7.21. The molecule has 0 fully saturated rings. The molecule has 0 aromatic heterocycles. The van der Waals surface area contributed by atoms with Crippen LogP contribution in [-0.2, 0) is 6.42 Å². The molecule has 3 aromatic carbocycles. The van der Waals surface area contributed by atoms with Gasteiger partial charge in [0.15, 0.2) is 17.7 Å². The topological polar surface area (TPSA) is 52.4 Å². The van der Waals surface area contributed by atoms with Gasteiger partial charge in [-0.2, -0.15) is 0 Å². The van der Waals surface area contributed by atoms with Crippen LogP contribution in [0.25, 0.3) is 10.8 Å². The molecule has 2 atom stereocenters. The molecular formula is C19H11BrF3NO3. The number of ether oxygens (including phenoxy) is 1. The first-order chi connectivity index (χ1) is 12.8. The molecule has 8 heteroatoms. The zero-order chi connectivity index (χ0) is 19.3. The van der Waals surface area contributed by atoms with Crippen LogP contribution in [0.3, 0.4) is 0 Å². The van der Waals surface area contributed by atoms with Crippen molar-refractivity contribution < 1.29 is 22.8 Å². The van der Waals surface area contributed by atoms with E-state index in [1.807, 2.05) is 18.2 Å². The number of hydrogen-bond donors (Lipinski definition) is 0. The van der Waals surface area contributed by atoms with E-state index in [-0.39, 0.29) is 12.0 Å². The lowest BCUT2D eigenvalue weighted by Crippen LogP contribution is -2.37. The van der Waals surface area contributed by atoms with Crippen LogP contribution in [0.15, 0.2) is 46.9 Å². The molecule has 2 unspecified atom stereocenters. The van der Waals surface area contributed by atoms with Crippen LogP contribution >= 0.6 is 15.9 Å². The van der Waals surface area contributed by atoms with Gasteiger partial charge in [-0.05, 0) is 35.0 Å². The van der Waals surface area contributed by atoms with Gasteiger partial charge in [-0.1, -0.05) is 28.1 Å². The maximum Gasteiger partial charge on any atom is 0.257 e. The van der Waals surface area contributed by atoms with Crippen molar-refractivity contribution in [3.05, 3.63) is 85.6 Å². The first kappa shape index (κ1) is 17.8. The van der Waals surface area contributed by atoms with E-state index in [0.29, 0.717) is 23.4 Å². The Labute approximate surface area is 159 Å². The van der Waals surface area contributed by atoms with E-state index < -0.39 is 34.5 Å². The molecule has 0 saturated heterocycles. The highest BCUT2D eigenvalue weighted by Crippen LogP contribution is 2.41. The number of nitro groups is 1. The fourth-order valence-corrected chi connectivity index (χ4v) is 3.76.